The van der Waals surface area contributed by atoms with Gasteiger partial charge in [-0.05, 0) is 45.7 Å². The summed E-state index contributed by atoms with van der Waals surface area (Å²) >= 11 is 2.30. The summed E-state index contributed by atoms with van der Waals surface area (Å²) in [5.41, 5.74) is 1.40. The van der Waals surface area contributed by atoms with Crippen LogP contribution in [-0.2, 0) is 9.16 Å². The monoisotopic (exact) mass is 590 g/mol. The Morgan fingerprint density at radius 2 is 1.44 bits per heavy atom. The maximum absolute atomic E-state index is 7.32. The molecule has 0 N–H and O–H groups in total. The van der Waals surface area contributed by atoms with Gasteiger partial charge in [0.05, 0.1) is 12.2 Å². The molecule has 0 aliphatic heterocycles. The molecule has 2 aromatic rings. The Bertz CT molecular complexity index is 878. The first kappa shape index (κ1) is 29.0. The molecule has 0 saturated heterocycles. The van der Waals surface area contributed by atoms with Crippen molar-refractivity contribution in [3.63, 3.8) is 0 Å². The number of hydrogen-bond acceptors (Lipinski definition) is 2. The van der Waals surface area contributed by atoms with Gasteiger partial charge in [0, 0.05) is 13.0 Å². The van der Waals surface area contributed by atoms with Crippen molar-refractivity contribution < 1.29 is 9.16 Å². The summed E-state index contributed by atoms with van der Waals surface area (Å²) in [6.45, 7) is 15.9. The molecule has 4 heteroatoms. The topological polar surface area (TPSA) is 18.5 Å². The van der Waals surface area contributed by atoms with Gasteiger partial charge >= 0.3 is 0 Å². The van der Waals surface area contributed by atoms with E-state index in [1.54, 1.807) is 0 Å². The lowest BCUT2D eigenvalue weighted by atomic mass is 9.94. The van der Waals surface area contributed by atoms with Crippen molar-refractivity contribution in [1.82, 2.24) is 0 Å². The molecule has 2 aromatic carbocycles. The third-order valence-corrected chi connectivity index (χ3v) is 12.2. The SMILES string of the molecule is CO[C@@H]([C@H](C)O[Si](c1ccccc1)(c1ccccc1)C(C)(C)C)[C@@H](C)/C=C(\C)C[C@H](C)/C=C/I. The van der Waals surface area contributed by atoms with E-state index in [2.05, 4.69) is 148 Å². The van der Waals surface area contributed by atoms with Crippen molar-refractivity contribution in [3.8, 4) is 0 Å². The Hall–Kier alpha value is -1.21. The second kappa shape index (κ2) is 13.2. The molecule has 4 atom stereocenters. The van der Waals surface area contributed by atoms with Gasteiger partial charge in [0.15, 0.2) is 0 Å². The molecule has 0 spiro atoms. The molecule has 2 nitrogen and oxygen atoms in total. The number of methoxy groups -OCH3 is 1. The van der Waals surface area contributed by atoms with Crippen molar-refractivity contribution in [3.05, 3.63) is 82.5 Å². The number of benzene rings is 2. The van der Waals surface area contributed by atoms with Crippen LogP contribution in [0.25, 0.3) is 0 Å². The molecule has 0 bridgehead atoms. The van der Waals surface area contributed by atoms with E-state index in [-0.39, 0.29) is 23.2 Å². The van der Waals surface area contributed by atoms with Crippen molar-refractivity contribution in [2.75, 3.05) is 7.11 Å². The van der Waals surface area contributed by atoms with Crippen LogP contribution in [0.2, 0.25) is 5.04 Å². The quantitative estimate of drug-likeness (QED) is 0.153. The summed E-state index contributed by atoms with van der Waals surface area (Å²) in [6, 6.07) is 21.7. The van der Waals surface area contributed by atoms with Crippen LogP contribution in [0.3, 0.4) is 0 Å². The maximum atomic E-state index is 7.32. The molecule has 0 heterocycles. The first-order valence-electron chi connectivity index (χ1n) is 12.3. The number of allylic oxidation sites excluding steroid dienone is 2. The Morgan fingerprint density at radius 3 is 1.85 bits per heavy atom. The summed E-state index contributed by atoms with van der Waals surface area (Å²) in [5.74, 6) is 0.779. The molecular weight excluding hydrogens is 547 g/mol. The summed E-state index contributed by atoms with van der Waals surface area (Å²) in [5, 5.41) is 2.54. The number of ether oxygens (including phenoxy) is 1. The lowest BCUT2D eigenvalue weighted by molar-refractivity contribution is -0.0146. The molecule has 0 aromatic heterocycles. The van der Waals surface area contributed by atoms with E-state index in [9.17, 15) is 0 Å². The lowest BCUT2D eigenvalue weighted by Crippen LogP contribution is -2.68. The Morgan fingerprint density at radius 1 is 0.941 bits per heavy atom. The minimum Gasteiger partial charge on any atom is -0.402 e. The van der Waals surface area contributed by atoms with Crippen LogP contribution in [-0.4, -0.2) is 27.6 Å². The van der Waals surface area contributed by atoms with Gasteiger partial charge in [0.2, 0.25) is 0 Å². The fraction of sp³-hybridized carbons (Fsp3) is 0.467. The highest BCUT2D eigenvalue weighted by Gasteiger charge is 2.51. The third kappa shape index (κ3) is 7.16. The molecule has 0 aliphatic rings. The van der Waals surface area contributed by atoms with Crippen LogP contribution in [0.1, 0.15) is 54.9 Å². The second-order valence-electron chi connectivity index (χ2n) is 10.6. The average molecular weight is 591 g/mol. The molecule has 0 radical (unpaired) electrons. The zero-order valence-electron chi connectivity index (χ0n) is 22.2. The van der Waals surface area contributed by atoms with Crippen molar-refractivity contribution in [1.29, 1.82) is 0 Å². The minimum absolute atomic E-state index is 0.0352. The van der Waals surface area contributed by atoms with E-state index >= 15 is 0 Å². The highest BCUT2D eigenvalue weighted by atomic mass is 127. The third-order valence-electron chi connectivity index (χ3n) is 6.63. The fourth-order valence-electron chi connectivity index (χ4n) is 5.18. The van der Waals surface area contributed by atoms with Crippen LogP contribution in [0.4, 0.5) is 0 Å². The van der Waals surface area contributed by atoms with Crippen molar-refractivity contribution in [2.24, 2.45) is 11.8 Å². The standard InChI is InChI=1S/C30H43IO2Si/c1-23(19-20-31)21-24(2)22-25(3)29(32-8)26(4)33-34(30(5,6)7,27-15-11-9-12-16-27)28-17-13-10-14-18-28/h9-20,22-23,25-26,29H,21H2,1-8H3/b20-19+,24-22+/t23-,25+,26+,29-/m1/s1. The van der Waals surface area contributed by atoms with Crippen molar-refractivity contribution in [2.45, 2.75) is 72.1 Å². The van der Waals surface area contributed by atoms with Gasteiger partial charge in [-0.1, -0.05) is 136 Å². The molecule has 34 heavy (non-hydrogen) atoms. The van der Waals surface area contributed by atoms with E-state index in [0.29, 0.717) is 5.92 Å². The normalized spacial score (nSPS) is 16.9. The second-order valence-corrected chi connectivity index (χ2v) is 15.5. The first-order valence-corrected chi connectivity index (χ1v) is 15.5. The molecule has 186 valence electrons. The van der Waals surface area contributed by atoms with Crippen molar-refractivity contribution >= 4 is 41.3 Å². The van der Waals surface area contributed by atoms with Gasteiger partial charge in [-0.25, -0.2) is 0 Å². The van der Waals surface area contributed by atoms with Gasteiger partial charge in [-0.3, -0.25) is 0 Å². The summed E-state index contributed by atoms with van der Waals surface area (Å²) in [7, 11) is -0.808. The lowest BCUT2D eigenvalue weighted by Gasteiger charge is -2.46. The van der Waals surface area contributed by atoms with Gasteiger partial charge in [-0.15, -0.1) is 0 Å². The molecular formula is C30H43IO2Si. The predicted octanol–water partition coefficient (Wildman–Crippen LogP) is 7.52. The van der Waals surface area contributed by atoms with Crippen LogP contribution < -0.4 is 10.4 Å². The zero-order valence-corrected chi connectivity index (χ0v) is 25.4. The van der Waals surface area contributed by atoms with Gasteiger partial charge < -0.3 is 9.16 Å². The Labute approximate surface area is 223 Å². The molecule has 0 unspecified atom stereocenters. The zero-order chi connectivity index (χ0) is 25.4. The van der Waals surface area contributed by atoms with E-state index in [4.69, 9.17) is 9.16 Å². The molecule has 0 fully saturated rings. The average Bonchev–Trinajstić information content (AvgIpc) is 2.78. The molecule has 2 rings (SSSR count). The Kier molecular flexibility index (Phi) is 11.3. The van der Waals surface area contributed by atoms with Crippen LogP contribution >= 0.6 is 22.6 Å². The van der Waals surface area contributed by atoms with Gasteiger partial charge in [0.1, 0.15) is 0 Å². The summed E-state index contributed by atoms with van der Waals surface area (Å²) < 4.78 is 15.5. The van der Waals surface area contributed by atoms with E-state index in [1.165, 1.54) is 15.9 Å². The predicted molar refractivity (Wildman–Crippen MR) is 159 cm³/mol. The van der Waals surface area contributed by atoms with Gasteiger partial charge in [0.25, 0.3) is 8.32 Å². The maximum Gasteiger partial charge on any atom is 0.261 e. The van der Waals surface area contributed by atoms with E-state index < -0.39 is 8.32 Å². The molecule has 0 aliphatic carbocycles. The van der Waals surface area contributed by atoms with Gasteiger partial charge in [-0.2, -0.15) is 0 Å². The minimum atomic E-state index is -2.62. The largest absolute Gasteiger partial charge is 0.402 e. The first-order chi connectivity index (χ1) is 16.1. The Balaban J connectivity index is 2.46. The van der Waals surface area contributed by atoms with E-state index in [1.807, 2.05) is 7.11 Å². The molecule has 0 saturated carbocycles. The van der Waals surface area contributed by atoms with Crippen LogP contribution in [0.5, 0.6) is 0 Å². The number of hydrogen-bond donors (Lipinski definition) is 0. The fourth-order valence-corrected chi connectivity index (χ4v) is 10.6. The summed E-state index contributed by atoms with van der Waals surface area (Å²) in [4.78, 5) is 0. The smallest absolute Gasteiger partial charge is 0.261 e. The highest BCUT2D eigenvalue weighted by molar-refractivity contribution is 14.1. The van der Waals surface area contributed by atoms with E-state index in [0.717, 1.165) is 6.42 Å². The highest BCUT2D eigenvalue weighted by Crippen LogP contribution is 2.38. The number of rotatable bonds is 11. The summed E-state index contributed by atoms with van der Waals surface area (Å²) in [6.07, 6.45) is 5.58. The van der Waals surface area contributed by atoms with Crippen LogP contribution in [0, 0.1) is 11.8 Å². The molecule has 0 amide bonds. The van der Waals surface area contributed by atoms with Crippen LogP contribution in [0.15, 0.2) is 82.5 Å². The number of halogens is 1.